The number of methoxy groups -OCH3 is 1. The fourth-order valence-corrected chi connectivity index (χ4v) is 6.45. The molecule has 2 aliphatic carbocycles. The number of carbonyl (C=O) groups is 1. The molecule has 2 atom stereocenters. The van der Waals surface area contributed by atoms with Crippen molar-refractivity contribution in [3.8, 4) is 0 Å². The Hall–Kier alpha value is -1.88. The van der Waals surface area contributed by atoms with E-state index in [1.807, 2.05) is 0 Å². The third kappa shape index (κ3) is 2.62. The predicted molar refractivity (Wildman–Crippen MR) is 114 cm³/mol. The van der Waals surface area contributed by atoms with Crippen LogP contribution in [0.2, 0.25) is 0 Å². The second kappa shape index (κ2) is 6.56. The number of piperidine rings is 1. The molecule has 1 aromatic heterocycles. The van der Waals surface area contributed by atoms with E-state index in [0.29, 0.717) is 12.0 Å². The van der Waals surface area contributed by atoms with Gasteiger partial charge in [-0.3, -0.25) is 4.79 Å². The summed E-state index contributed by atoms with van der Waals surface area (Å²) in [6.45, 7) is 8.01. The highest BCUT2D eigenvalue weighted by Crippen LogP contribution is 2.57. The topological polar surface area (TPSA) is 58.2 Å². The number of carbonyl (C=O) groups excluding carboxylic acids is 1. The Morgan fingerprint density at radius 1 is 1.21 bits per heavy atom. The summed E-state index contributed by atoms with van der Waals surface area (Å²) in [6, 6.07) is 4.70. The molecule has 1 saturated heterocycles. The summed E-state index contributed by atoms with van der Waals surface area (Å²) in [5, 5.41) is 0. The van der Waals surface area contributed by atoms with E-state index in [-0.39, 0.29) is 22.8 Å². The van der Waals surface area contributed by atoms with E-state index in [2.05, 4.69) is 47.8 Å². The SMILES string of the molecule is COC1CCC(C(=O)N2CC[C@@]3(C)c4ccc5[nH]cnc5c4CC2C3(C)C)CC1. The molecule has 2 bridgehead atoms. The predicted octanol–water partition coefficient (Wildman–Crippen LogP) is 4.21. The first kappa shape index (κ1) is 19.1. The Morgan fingerprint density at radius 2 is 1.97 bits per heavy atom. The van der Waals surface area contributed by atoms with Crippen LogP contribution in [-0.4, -0.2) is 46.6 Å². The number of likely N-dealkylation sites (tertiary alicyclic amines) is 1. The van der Waals surface area contributed by atoms with Crippen LogP contribution in [0.4, 0.5) is 0 Å². The van der Waals surface area contributed by atoms with Gasteiger partial charge < -0.3 is 14.6 Å². The van der Waals surface area contributed by atoms with E-state index in [0.717, 1.165) is 56.1 Å². The summed E-state index contributed by atoms with van der Waals surface area (Å²) in [5.74, 6) is 0.529. The second-order valence-corrected chi connectivity index (χ2v) is 10.2. The third-order valence-electron chi connectivity index (χ3n) is 8.81. The van der Waals surface area contributed by atoms with Crippen molar-refractivity contribution in [2.45, 2.75) is 76.9 Å². The lowest BCUT2D eigenvalue weighted by molar-refractivity contribution is -0.150. The van der Waals surface area contributed by atoms with Crippen molar-refractivity contribution in [1.82, 2.24) is 14.9 Å². The molecule has 5 rings (SSSR count). The molecular weight excluding hydrogens is 362 g/mol. The van der Waals surface area contributed by atoms with E-state index in [9.17, 15) is 4.79 Å². The van der Waals surface area contributed by atoms with Gasteiger partial charge in [-0.2, -0.15) is 0 Å². The summed E-state index contributed by atoms with van der Waals surface area (Å²) in [7, 11) is 1.79. The highest BCUT2D eigenvalue weighted by molar-refractivity contribution is 5.83. The number of H-pyrrole nitrogens is 1. The zero-order valence-electron chi connectivity index (χ0n) is 18.1. The number of nitrogens with zero attached hydrogens (tertiary/aromatic N) is 2. The number of benzene rings is 1. The van der Waals surface area contributed by atoms with Gasteiger partial charge in [-0.1, -0.05) is 26.8 Å². The molecule has 1 saturated carbocycles. The molecule has 0 radical (unpaired) electrons. The van der Waals surface area contributed by atoms with Gasteiger partial charge in [0.1, 0.15) is 0 Å². The molecule has 0 spiro atoms. The molecule has 5 nitrogen and oxygen atoms in total. The van der Waals surface area contributed by atoms with E-state index in [1.54, 1.807) is 13.4 Å². The lowest BCUT2D eigenvalue weighted by Crippen LogP contribution is -2.65. The van der Waals surface area contributed by atoms with Gasteiger partial charge in [-0.05, 0) is 61.1 Å². The minimum Gasteiger partial charge on any atom is -0.381 e. The molecule has 2 fully saturated rings. The molecule has 156 valence electrons. The number of nitrogens with one attached hydrogen (secondary N) is 1. The lowest BCUT2D eigenvalue weighted by Gasteiger charge is -2.61. The Balaban J connectivity index is 1.50. The first-order valence-corrected chi connectivity index (χ1v) is 11.2. The first-order chi connectivity index (χ1) is 13.9. The number of fused-ring (bicyclic) bond motifs is 6. The minimum atomic E-state index is 0.0294. The maximum Gasteiger partial charge on any atom is 0.225 e. The van der Waals surface area contributed by atoms with Crippen LogP contribution >= 0.6 is 0 Å². The van der Waals surface area contributed by atoms with Gasteiger partial charge in [0, 0.05) is 31.0 Å². The van der Waals surface area contributed by atoms with Gasteiger partial charge in [0.25, 0.3) is 0 Å². The van der Waals surface area contributed by atoms with Crippen molar-refractivity contribution in [3.05, 3.63) is 29.6 Å². The van der Waals surface area contributed by atoms with Crippen LogP contribution in [-0.2, 0) is 21.4 Å². The number of rotatable bonds is 2. The Morgan fingerprint density at radius 3 is 2.69 bits per heavy atom. The molecule has 2 aromatic rings. The molecule has 1 aliphatic heterocycles. The van der Waals surface area contributed by atoms with Crippen molar-refractivity contribution in [2.75, 3.05) is 13.7 Å². The van der Waals surface area contributed by atoms with Crippen LogP contribution < -0.4 is 0 Å². The second-order valence-electron chi connectivity index (χ2n) is 10.2. The normalized spacial score (nSPS) is 33.5. The molecule has 5 heteroatoms. The average Bonchev–Trinajstić information content (AvgIpc) is 3.19. The highest BCUT2D eigenvalue weighted by Gasteiger charge is 2.57. The summed E-state index contributed by atoms with van der Waals surface area (Å²) >= 11 is 0. The molecule has 2 heterocycles. The summed E-state index contributed by atoms with van der Waals surface area (Å²) < 4.78 is 5.51. The van der Waals surface area contributed by atoms with Gasteiger partial charge in [0.15, 0.2) is 0 Å². The number of hydrogen-bond acceptors (Lipinski definition) is 3. The number of aromatic amines is 1. The number of ether oxygens (including phenoxy) is 1. The van der Waals surface area contributed by atoms with Crippen molar-refractivity contribution < 1.29 is 9.53 Å². The number of hydrogen-bond donors (Lipinski definition) is 1. The quantitative estimate of drug-likeness (QED) is 0.829. The Labute approximate surface area is 173 Å². The number of amides is 1. The van der Waals surface area contributed by atoms with Gasteiger partial charge in [0.2, 0.25) is 5.91 Å². The first-order valence-electron chi connectivity index (χ1n) is 11.2. The van der Waals surface area contributed by atoms with Gasteiger partial charge in [-0.15, -0.1) is 0 Å². The van der Waals surface area contributed by atoms with Crippen LogP contribution in [0.15, 0.2) is 18.5 Å². The van der Waals surface area contributed by atoms with E-state index in [1.165, 1.54) is 11.1 Å². The summed E-state index contributed by atoms with van der Waals surface area (Å²) in [4.78, 5) is 23.8. The standard InChI is InChI=1S/C24H33N3O2/c1-23(2)20-13-17-18(9-10-19-21(17)26-14-25-19)24(23,3)11-12-27(20)22(28)15-5-7-16(29-4)8-6-15/h9-10,14-16,20H,5-8,11-13H2,1-4H3,(H,25,26)/t15?,16?,20?,24-/m0/s1. The monoisotopic (exact) mass is 395 g/mol. The van der Waals surface area contributed by atoms with Crippen LogP contribution in [0.3, 0.4) is 0 Å². The fraction of sp³-hybridized carbons (Fsp3) is 0.667. The summed E-state index contributed by atoms with van der Waals surface area (Å²) in [5.41, 5.74) is 5.05. The Kier molecular flexibility index (Phi) is 4.32. The molecule has 1 unspecified atom stereocenters. The largest absolute Gasteiger partial charge is 0.381 e. The van der Waals surface area contributed by atoms with Gasteiger partial charge in [-0.25, -0.2) is 4.98 Å². The smallest absolute Gasteiger partial charge is 0.225 e. The van der Waals surface area contributed by atoms with Gasteiger partial charge in [0.05, 0.1) is 23.5 Å². The maximum atomic E-state index is 13.6. The lowest BCUT2D eigenvalue weighted by atomic mass is 9.51. The molecule has 3 aliphatic rings. The third-order valence-corrected chi connectivity index (χ3v) is 8.81. The zero-order valence-corrected chi connectivity index (χ0v) is 18.1. The van der Waals surface area contributed by atoms with Crippen molar-refractivity contribution in [1.29, 1.82) is 0 Å². The van der Waals surface area contributed by atoms with Gasteiger partial charge >= 0.3 is 0 Å². The van der Waals surface area contributed by atoms with E-state index >= 15 is 0 Å². The molecule has 1 N–H and O–H groups in total. The molecule has 1 aromatic carbocycles. The van der Waals surface area contributed by atoms with E-state index in [4.69, 9.17) is 4.74 Å². The van der Waals surface area contributed by atoms with Crippen LogP contribution in [0.25, 0.3) is 11.0 Å². The minimum absolute atomic E-state index is 0.0294. The number of aromatic nitrogens is 2. The molecule has 1 amide bonds. The fourth-order valence-electron chi connectivity index (χ4n) is 6.45. The highest BCUT2D eigenvalue weighted by atomic mass is 16.5. The molecular formula is C24H33N3O2. The summed E-state index contributed by atoms with van der Waals surface area (Å²) in [6.07, 6.45) is 7.95. The van der Waals surface area contributed by atoms with E-state index < -0.39 is 0 Å². The van der Waals surface area contributed by atoms with Crippen molar-refractivity contribution >= 4 is 16.9 Å². The van der Waals surface area contributed by atoms with Crippen LogP contribution in [0.1, 0.15) is 64.0 Å². The van der Waals surface area contributed by atoms with Crippen molar-refractivity contribution in [3.63, 3.8) is 0 Å². The average molecular weight is 396 g/mol. The van der Waals surface area contributed by atoms with Crippen molar-refractivity contribution in [2.24, 2.45) is 11.3 Å². The molecule has 29 heavy (non-hydrogen) atoms. The number of imidazole rings is 1. The van der Waals surface area contributed by atoms with Crippen LogP contribution in [0.5, 0.6) is 0 Å². The maximum absolute atomic E-state index is 13.6. The zero-order chi connectivity index (χ0) is 20.4. The van der Waals surface area contributed by atoms with Crippen LogP contribution in [0, 0.1) is 11.3 Å². The Bertz CT molecular complexity index is 941.